The van der Waals surface area contributed by atoms with Crippen molar-refractivity contribution in [3.05, 3.63) is 34.1 Å². The molecule has 0 amide bonds. The molecule has 0 saturated carbocycles. The van der Waals surface area contributed by atoms with Gasteiger partial charge in [0.15, 0.2) is 0 Å². The van der Waals surface area contributed by atoms with Crippen LogP contribution in [0.25, 0.3) is 0 Å². The van der Waals surface area contributed by atoms with E-state index in [0.29, 0.717) is 24.7 Å². The van der Waals surface area contributed by atoms with Gasteiger partial charge in [-0.2, -0.15) is 4.98 Å². The van der Waals surface area contributed by atoms with Gasteiger partial charge in [-0.25, -0.2) is 0 Å². The van der Waals surface area contributed by atoms with Crippen LogP contribution >= 0.6 is 11.3 Å². The van der Waals surface area contributed by atoms with Gasteiger partial charge in [-0.05, 0) is 11.4 Å². The van der Waals surface area contributed by atoms with Crippen molar-refractivity contribution in [3.8, 4) is 0 Å². The summed E-state index contributed by atoms with van der Waals surface area (Å²) < 4.78 is 10.8. The number of hydrogen-bond acceptors (Lipinski definition) is 6. The van der Waals surface area contributed by atoms with Crippen LogP contribution in [-0.4, -0.2) is 29.8 Å². The Morgan fingerprint density at radius 2 is 2.53 bits per heavy atom. The zero-order valence-electron chi connectivity index (χ0n) is 9.26. The van der Waals surface area contributed by atoms with Gasteiger partial charge < -0.3 is 14.6 Å². The molecular formula is C11H13N3O2S. The van der Waals surface area contributed by atoms with Gasteiger partial charge in [0.05, 0.1) is 13.0 Å². The Labute approximate surface area is 103 Å². The van der Waals surface area contributed by atoms with Crippen LogP contribution in [0.4, 0.5) is 0 Å². The predicted molar refractivity (Wildman–Crippen MR) is 63.0 cm³/mol. The SMILES string of the molecule is c1csc(Cc2nc(C3CNCCO3)no2)c1. The molecule has 1 atom stereocenters. The lowest BCUT2D eigenvalue weighted by atomic mass is 10.3. The number of nitrogens with zero attached hydrogens (tertiary/aromatic N) is 2. The number of ether oxygens (including phenoxy) is 1. The molecule has 1 saturated heterocycles. The van der Waals surface area contributed by atoms with Gasteiger partial charge in [-0.15, -0.1) is 11.3 Å². The van der Waals surface area contributed by atoms with Crippen molar-refractivity contribution in [1.29, 1.82) is 0 Å². The van der Waals surface area contributed by atoms with Crippen LogP contribution in [-0.2, 0) is 11.2 Å². The first kappa shape index (κ1) is 10.9. The van der Waals surface area contributed by atoms with E-state index in [4.69, 9.17) is 9.26 Å². The number of aromatic nitrogens is 2. The van der Waals surface area contributed by atoms with Gasteiger partial charge in [0.1, 0.15) is 6.10 Å². The molecule has 1 aliphatic rings. The number of morpholine rings is 1. The molecule has 3 rings (SSSR count). The summed E-state index contributed by atoms with van der Waals surface area (Å²) in [4.78, 5) is 5.60. The zero-order chi connectivity index (χ0) is 11.5. The third-order valence-electron chi connectivity index (χ3n) is 2.60. The monoisotopic (exact) mass is 251 g/mol. The first-order valence-corrected chi connectivity index (χ1v) is 6.47. The lowest BCUT2D eigenvalue weighted by Gasteiger charge is -2.20. The summed E-state index contributed by atoms with van der Waals surface area (Å²) in [6, 6.07) is 4.08. The molecule has 5 nitrogen and oxygen atoms in total. The number of thiophene rings is 1. The van der Waals surface area contributed by atoms with E-state index in [1.807, 2.05) is 11.4 Å². The molecule has 0 bridgehead atoms. The van der Waals surface area contributed by atoms with Gasteiger partial charge in [0.25, 0.3) is 0 Å². The third-order valence-corrected chi connectivity index (χ3v) is 3.48. The summed E-state index contributed by atoms with van der Waals surface area (Å²) >= 11 is 1.69. The smallest absolute Gasteiger partial charge is 0.231 e. The highest BCUT2D eigenvalue weighted by molar-refractivity contribution is 7.09. The van der Waals surface area contributed by atoms with E-state index >= 15 is 0 Å². The number of nitrogens with one attached hydrogen (secondary N) is 1. The van der Waals surface area contributed by atoms with Crippen LogP contribution in [0.5, 0.6) is 0 Å². The molecule has 6 heteroatoms. The van der Waals surface area contributed by atoms with Crippen LogP contribution in [0.3, 0.4) is 0 Å². The maximum absolute atomic E-state index is 5.57. The van der Waals surface area contributed by atoms with E-state index in [1.54, 1.807) is 11.3 Å². The summed E-state index contributed by atoms with van der Waals surface area (Å²) in [7, 11) is 0. The average Bonchev–Trinajstić information content (AvgIpc) is 3.02. The van der Waals surface area contributed by atoms with Crippen LogP contribution in [0.15, 0.2) is 22.0 Å². The van der Waals surface area contributed by atoms with Crippen LogP contribution in [0, 0.1) is 0 Å². The van der Waals surface area contributed by atoms with Crippen molar-refractivity contribution in [2.24, 2.45) is 0 Å². The van der Waals surface area contributed by atoms with Crippen molar-refractivity contribution in [3.63, 3.8) is 0 Å². The third kappa shape index (κ3) is 2.54. The van der Waals surface area contributed by atoms with Gasteiger partial charge in [-0.1, -0.05) is 11.2 Å². The van der Waals surface area contributed by atoms with Crippen LogP contribution in [0.1, 0.15) is 22.7 Å². The number of rotatable bonds is 3. The molecule has 0 radical (unpaired) electrons. The second kappa shape index (κ2) is 4.95. The molecule has 1 unspecified atom stereocenters. The fourth-order valence-electron chi connectivity index (χ4n) is 1.76. The van der Waals surface area contributed by atoms with Gasteiger partial charge in [0, 0.05) is 18.0 Å². The Morgan fingerprint density at radius 3 is 3.29 bits per heavy atom. The van der Waals surface area contributed by atoms with E-state index in [0.717, 1.165) is 13.1 Å². The van der Waals surface area contributed by atoms with Gasteiger partial charge in [-0.3, -0.25) is 0 Å². The van der Waals surface area contributed by atoms with E-state index in [-0.39, 0.29) is 6.10 Å². The summed E-state index contributed by atoms with van der Waals surface area (Å²) in [5.74, 6) is 1.29. The molecule has 1 aliphatic heterocycles. The van der Waals surface area contributed by atoms with E-state index in [9.17, 15) is 0 Å². The molecule has 0 spiro atoms. The summed E-state index contributed by atoms with van der Waals surface area (Å²) in [5.41, 5.74) is 0. The Hall–Kier alpha value is -1.24. The molecule has 90 valence electrons. The Balaban J connectivity index is 1.69. The van der Waals surface area contributed by atoms with E-state index < -0.39 is 0 Å². The van der Waals surface area contributed by atoms with E-state index in [1.165, 1.54) is 4.88 Å². The van der Waals surface area contributed by atoms with Crippen molar-refractivity contribution >= 4 is 11.3 Å². The highest BCUT2D eigenvalue weighted by Gasteiger charge is 2.21. The Morgan fingerprint density at radius 1 is 1.53 bits per heavy atom. The first-order valence-electron chi connectivity index (χ1n) is 5.59. The quantitative estimate of drug-likeness (QED) is 0.893. The molecule has 1 fully saturated rings. The molecule has 0 aromatic carbocycles. The second-order valence-corrected chi connectivity index (χ2v) is 4.90. The molecule has 17 heavy (non-hydrogen) atoms. The van der Waals surface area contributed by atoms with Crippen LogP contribution < -0.4 is 5.32 Å². The predicted octanol–water partition coefficient (Wildman–Crippen LogP) is 1.38. The van der Waals surface area contributed by atoms with Crippen LogP contribution in [0.2, 0.25) is 0 Å². The van der Waals surface area contributed by atoms with Crippen molar-refractivity contribution < 1.29 is 9.26 Å². The van der Waals surface area contributed by atoms with Crippen molar-refractivity contribution in [1.82, 2.24) is 15.5 Å². The second-order valence-electron chi connectivity index (χ2n) is 3.87. The minimum Gasteiger partial charge on any atom is -0.367 e. The standard InChI is InChI=1S/C11H13N3O2S/c1-2-8(17-5-1)6-10-13-11(14-16-10)9-7-12-3-4-15-9/h1-2,5,9,12H,3-4,6-7H2. The molecule has 3 heterocycles. The molecule has 2 aromatic rings. The maximum atomic E-state index is 5.57. The Kier molecular flexibility index (Phi) is 3.17. The first-order chi connectivity index (χ1) is 8.42. The average molecular weight is 251 g/mol. The molecule has 1 N–H and O–H groups in total. The fourth-order valence-corrected chi connectivity index (χ4v) is 2.46. The zero-order valence-corrected chi connectivity index (χ0v) is 10.1. The van der Waals surface area contributed by atoms with E-state index in [2.05, 4.69) is 21.5 Å². The largest absolute Gasteiger partial charge is 0.367 e. The minimum atomic E-state index is -0.0791. The summed E-state index contributed by atoms with van der Waals surface area (Å²) in [5, 5.41) is 9.26. The number of hydrogen-bond donors (Lipinski definition) is 1. The molecule has 0 aliphatic carbocycles. The Bertz CT molecular complexity index is 463. The lowest BCUT2D eigenvalue weighted by molar-refractivity contribution is 0.0208. The van der Waals surface area contributed by atoms with Crippen molar-refractivity contribution in [2.75, 3.05) is 19.7 Å². The topological polar surface area (TPSA) is 60.2 Å². The molecule has 2 aromatic heterocycles. The lowest BCUT2D eigenvalue weighted by Crippen LogP contribution is -2.33. The van der Waals surface area contributed by atoms with Gasteiger partial charge >= 0.3 is 0 Å². The normalized spacial score (nSPS) is 20.6. The minimum absolute atomic E-state index is 0.0791. The highest BCUT2D eigenvalue weighted by Crippen LogP contribution is 2.18. The maximum Gasteiger partial charge on any atom is 0.231 e. The molecular weight excluding hydrogens is 238 g/mol. The van der Waals surface area contributed by atoms with Gasteiger partial charge in [0.2, 0.25) is 11.7 Å². The summed E-state index contributed by atoms with van der Waals surface area (Å²) in [6.45, 7) is 2.33. The van der Waals surface area contributed by atoms with Crippen molar-refractivity contribution in [2.45, 2.75) is 12.5 Å². The highest BCUT2D eigenvalue weighted by atomic mass is 32.1. The summed E-state index contributed by atoms with van der Waals surface area (Å²) in [6.07, 6.45) is 0.620. The fraction of sp³-hybridized carbons (Fsp3) is 0.455.